The highest BCUT2D eigenvalue weighted by atomic mass is 79.9. The summed E-state index contributed by atoms with van der Waals surface area (Å²) in [6.07, 6.45) is 5.20. The second kappa shape index (κ2) is 6.19. The molecule has 7 heteroatoms. The Hall–Kier alpha value is -0.660. The summed E-state index contributed by atoms with van der Waals surface area (Å²) in [6, 6.07) is 2.03. The van der Waals surface area contributed by atoms with Gasteiger partial charge in [-0.1, -0.05) is 0 Å². The van der Waals surface area contributed by atoms with Gasteiger partial charge in [0.2, 0.25) is 10.0 Å². The number of hydrogen-bond acceptors (Lipinski definition) is 4. The van der Waals surface area contributed by atoms with Gasteiger partial charge in [-0.15, -0.1) is 0 Å². The molecule has 0 aromatic carbocycles. The summed E-state index contributed by atoms with van der Waals surface area (Å²) >= 11 is 3.49. The molecule has 5 nitrogen and oxygen atoms in total. The molecule has 0 radical (unpaired) electrons. The first-order chi connectivity index (χ1) is 9.02. The average Bonchev–Trinajstić information content (AvgIpc) is 2.40. The zero-order valence-electron chi connectivity index (χ0n) is 10.8. The van der Waals surface area contributed by atoms with Crippen LogP contribution in [0.5, 0.6) is 0 Å². The SMILES string of the molecule is CCS(=O)(=O)NC1CCN(c2ccncc2Br)CC1. The van der Waals surface area contributed by atoms with Crippen LogP contribution in [0.4, 0.5) is 5.69 Å². The van der Waals surface area contributed by atoms with Crippen LogP contribution < -0.4 is 9.62 Å². The van der Waals surface area contributed by atoms with Gasteiger partial charge < -0.3 is 4.90 Å². The van der Waals surface area contributed by atoms with Crippen molar-refractivity contribution in [3.05, 3.63) is 22.9 Å². The van der Waals surface area contributed by atoms with Gasteiger partial charge in [0.15, 0.2) is 0 Å². The van der Waals surface area contributed by atoms with E-state index in [-0.39, 0.29) is 11.8 Å². The van der Waals surface area contributed by atoms with Crippen molar-refractivity contribution in [2.45, 2.75) is 25.8 Å². The zero-order chi connectivity index (χ0) is 13.9. The van der Waals surface area contributed by atoms with Crippen LogP contribution >= 0.6 is 15.9 Å². The topological polar surface area (TPSA) is 62.3 Å². The number of nitrogens with one attached hydrogen (secondary N) is 1. The fourth-order valence-electron chi connectivity index (χ4n) is 2.20. The molecular formula is C12H18BrN3O2S. The zero-order valence-corrected chi connectivity index (χ0v) is 13.2. The first-order valence-electron chi connectivity index (χ1n) is 6.36. The quantitative estimate of drug-likeness (QED) is 0.901. The molecule has 0 unspecified atom stereocenters. The van der Waals surface area contributed by atoms with E-state index in [1.54, 1.807) is 19.3 Å². The Kier molecular flexibility index (Phi) is 4.81. The maximum Gasteiger partial charge on any atom is 0.211 e. The molecule has 0 atom stereocenters. The highest BCUT2D eigenvalue weighted by Crippen LogP contribution is 2.27. The third-order valence-corrected chi connectivity index (χ3v) is 5.38. The normalized spacial score (nSPS) is 17.7. The van der Waals surface area contributed by atoms with E-state index in [1.165, 1.54) is 0 Å². The molecule has 0 aliphatic carbocycles. The van der Waals surface area contributed by atoms with Crippen LogP contribution in [0.3, 0.4) is 0 Å². The maximum absolute atomic E-state index is 11.5. The molecule has 0 spiro atoms. The van der Waals surface area contributed by atoms with Crippen LogP contribution in [-0.2, 0) is 10.0 Å². The van der Waals surface area contributed by atoms with Crippen LogP contribution in [-0.4, -0.2) is 38.3 Å². The fraction of sp³-hybridized carbons (Fsp3) is 0.583. The summed E-state index contributed by atoms with van der Waals surface area (Å²) in [6.45, 7) is 3.35. The van der Waals surface area contributed by atoms with E-state index in [0.29, 0.717) is 0 Å². The van der Waals surface area contributed by atoms with Crippen LogP contribution in [0.2, 0.25) is 0 Å². The lowest BCUT2D eigenvalue weighted by molar-refractivity contribution is 0.460. The smallest absolute Gasteiger partial charge is 0.211 e. The van der Waals surface area contributed by atoms with E-state index in [9.17, 15) is 8.42 Å². The van der Waals surface area contributed by atoms with Crippen molar-refractivity contribution in [1.29, 1.82) is 0 Å². The van der Waals surface area contributed by atoms with E-state index in [2.05, 4.69) is 30.5 Å². The van der Waals surface area contributed by atoms with Crippen LogP contribution in [0, 0.1) is 0 Å². The molecule has 1 fully saturated rings. The first kappa shape index (κ1) is 14.7. The Morgan fingerprint density at radius 2 is 2.16 bits per heavy atom. The van der Waals surface area contributed by atoms with E-state index < -0.39 is 10.0 Å². The number of hydrogen-bond donors (Lipinski definition) is 1. The van der Waals surface area contributed by atoms with Gasteiger partial charge in [0, 0.05) is 31.5 Å². The number of nitrogens with zero attached hydrogens (tertiary/aromatic N) is 2. The number of aromatic nitrogens is 1. The Labute approximate surface area is 122 Å². The number of sulfonamides is 1. The van der Waals surface area contributed by atoms with Crippen molar-refractivity contribution in [3.63, 3.8) is 0 Å². The highest BCUT2D eigenvalue weighted by Gasteiger charge is 2.23. The van der Waals surface area contributed by atoms with Gasteiger partial charge in [0.05, 0.1) is 15.9 Å². The molecular weight excluding hydrogens is 330 g/mol. The van der Waals surface area contributed by atoms with E-state index in [0.717, 1.165) is 36.1 Å². The van der Waals surface area contributed by atoms with Crippen LogP contribution in [0.25, 0.3) is 0 Å². The average molecular weight is 348 g/mol. The van der Waals surface area contributed by atoms with Gasteiger partial charge in [-0.3, -0.25) is 4.98 Å². The van der Waals surface area contributed by atoms with Crippen molar-refractivity contribution < 1.29 is 8.42 Å². The highest BCUT2D eigenvalue weighted by molar-refractivity contribution is 9.10. The minimum Gasteiger partial charge on any atom is -0.370 e. The second-order valence-corrected chi connectivity index (χ2v) is 7.51. The summed E-state index contributed by atoms with van der Waals surface area (Å²) in [5.74, 6) is 0.142. The molecule has 2 heterocycles. The number of rotatable bonds is 4. The molecule has 1 saturated heterocycles. The van der Waals surface area contributed by atoms with Gasteiger partial charge in [0.1, 0.15) is 0 Å². The summed E-state index contributed by atoms with van der Waals surface area (Å²) in [4.78, 5) is 6.30. The number of piperidine rings is 1. The van der Waals surface area contributed by atoms with Gasteiger partial charge >= 0.3 is 0 Å². The summed E-state index contributed by atoms with van der Waals surface area (Å²) in [5.41, 5.74) is 1.12. The maximum atomic E-state index is 11.5. The van der Waals surface area contributed by atoms with Crippen molar-refractivity contribution in [3.8, 4) is 0 Å². The molecule has 1 aromatic heterocycles. The molecule has 1 aliphatic rings. The molecule has 0 saturated carbocycles. The summed E-state index contributed by atoms with van der Waals surface area (Å²) in [5, 5.41) is 0. The molecule has 1 aromatic rings. The minimum atomic E-state index is -3.10. The first-order valence-corrected chi connectivity index (χ1v) is 8.81. The molecule has 0 amide bonds. The van der Waals surface area contributed by atoms with Gasteiger partial charge in [-0.2, -0.15) is 0 Å². The number of anilines is 1. The number of pyridine rings is 1. The Morgan fingerprint density at radius 1 is 1.47 bits per heavy atom. The predicted octanol–water partition coefficient (Wildman–Crippen LogP) is 1.75. The van der Waals surface area contributed by atoms with Crippen molar-refractivity contribution in [2.75, 3.05) is 23.7 Å². The monoisotopic (exact) mass is 347 g/mol. The molecule has 1 N–H and O–H groups in total. The van der Waals surface area contributed by atoms with Gasteiger partial charge in [-0.05, 0) is 41.8 Å². The molecule has 1 aliphatic heterocycles. The Balaban J connectivity index is 1.95. The van der Waals surface area contributed by atoms with Gasteiger partial charge in [0.25, 0.3) is 0 Å². The van der Waals surface area contributed by atoms with E-state index in [1.807, 2.05) is 6.07 Å². The van der Waals surface area contributed by atoms with Crippen LogP contribution in [0.15, 0.2) is 22.9 Å². The number of halogens is 1. The van der Waals surface area contributed by atoms with Crippen molar-refractivity contribution >= 4 is 31.6 Å². The molecule has 106 valence electrons. The second-order valence-electron chi connectivity index (χ2n) is 4.61. The minimum absolute atomic E-state index is 0.0572. The Morgan fingerprint density at radius 3 is 2.74 bits per heavy atom. The Bertz CT molecular complexity index is 528. The van der Waals surface area contributed by atoms with Crippen molar-refractivity contribution in [2.24, 2.45) is 0 Å². The third kappa shape index (κ3) is 3.90. The van der Waals surface area contributed by atoms with E-state index >= 15 is 0 Å². The lowest BCUT2D eigenvalue weighted by Gasteiger charge is -2.34. The third-order valence-electron chi connectivity index (χ3n) is 3.31. The van der Waals surface area contributed by atoms with E-state index in [4.69, 9.17) is 0 Å². The molecule has 0 bridgehead atoms. The molecule has 2 rings (SSSR count). The summed E-state index contributed by atoms with van der Waals surface area (Å²) < 4.78 is 26.8. The lowest BCUT2D eigenvalue weighted by Crippen LogP contribution is -2.45. The van der Waals surface area contributed by atoms with Crippen molar-refractivity contribution in [1.82, 2.24) is 9.71 Å². The largest absolute Gasteiger partial charge is 0.370 e. The predicted molar refractivity (Wildman–Crippen MR) is 79.8 cm³/mol. The molecule has 19 heavy (non-hydrogen) atoms. The lowest BCUT2D eigenvalue weighted by atomic mass is 10.1. The fourth-order valence-corrected chi connectivity index (χ4v) is 3.61. The standard InChI is InChI=1S/C12H18BrN3O2S/c1-2-19(17,18)15-10-4-7-16(8-5-10)12-3-6-14-9-11(12)13/h3,6,9-10,15H,2,4-5,7-8H2,1H3. The van der Waals surface area contributed by atoms with Gasteiger partial charge in [-0.25, -0.2) is 13.1 Å². The van der Waals surface area contributed by atoms with Crippen LogP contribution in [0.1, 0.15) is 19.8 Å². The summed E-state index contributed by atoms with van der Waals surface area (Å²) in [7, 11) is -3.10.